The van der Waals surface area contributed by atoms with Crippen LogP contribution in [0.25, 0.3) is 0 Å². The number of rotatable bonds is 9. The Morgan fingerprint density at radius 1 is 0.812 bits per heavy atom. The lowest BCUT2D eigenvalue weighted by Crippen LogP contribution is -2.17. The van der Waals surface area contributed by atoms with Crippen molar-refractivity contribution in [2.45, 2.75) is 12.5 Å². The molecule has 0 saturated heterocycles. The first kappa shape index (κ1) is 16.8. The number of hydrogen-bond acceptors (Lipinski definition) is 3. The Morgan fingerprint density at radius 3 is 1.81 bits per heavy atom. The van der Waals surface area contributed by atoms with Gasteiger partial charge in [0.05, 0.1) is 19.3 Å². The Kier molecular flexibility index (Phi) is 10.2. The molecule has 0 spiro atoms. The summed E-state index contributed by atoms with van der Waals surface area (Å²) in [6, 6.07) is 0. The highest BCUT2D eigenvalue weighted by molar-refractivity contribution is 7.41. The topological polar surface area (TPSA) is 27.7 Å². The summed E-state index contributed by atoms with van der Waals surface area (Å²) < 4.78 is 81.6. The molecular weight excluding hydrogens is 303 g/mol. The van der Waals surface area contributed by atoms with Crippen LogP contribution in [0.4, 0.5) is 25.2 Å². The van der Waals surface area contributed by atoms with Gasteiger partial charge in [-0.15, -0.1) is 0 Å². The Bertz CT molecular complexity index is 175. The van der Waals surface area contributed by atoms with Gasteiger partial charge in [0.25, 0.3) is 0 Å². The minimum atomic E-state index is -3.76. The summed E-state index contributed by atoms with van der Waals surface area (Å²) in [4.78, 5) is 0. The lowest BCUT2D eigenvalue weighted by molar-refractivity contribution is 0.104. The first-order valence-electron chi connectivity index (χ1n) is 3.69. The molecule has 0 radical (unpaired) electrons. The predicted octanol–water partition coefficient (Wildman–Crippen LogP) is 5.29. The SMILES string of the molecule is FP(F)OCCC(COP(F)F)OP(F)F. The van der Waals surface area contributed by atoms with Gasteiger partial charge in [-0.05, 0) is 0 Å². The third kappa shape index (κ3) is 11.2. The lowest BCUT2D eigenvalue weighted by Gasteiger charge is -2.15. The highest BCUT2D eigenvalue weighted by Crippen LogP contribution is 2.45. The summed E-state index contributed by atoms with van der Waals surface area (Å²) in [5.41, 5.74) is 0. The maximum absolute atomic E-state index is 11.8. The van der Waals surface area contributed by atoms with E-state index in [9.17, 15) is 25.2 Å². The van der Waals surface area contributed by atoms with Crippen LogP contribution in [-0.2, 0) is 13.6 Å². The van der Waals surface area contributed by atoms with Crippen molar-refractivity contribution in [2.75, 3.05) is 13.2 Å². The molecule has 0 fully saturated rings. The zero-order valence-corrected chi connectivity index (χ0v) is 10.2. The Morgan fingerprint density at radius 2 is 1.38 bits per heavy atom. The van der Waals surface area contributed by atoms with E-state index in [1.54, 1.807) is 0 Å². The zero-order valence-electron chi connectivity index (χ0n) is 7.53. The second-order valence-electron chi connectivity index (χ2n) is 2.25. The van der Waals surface area contributed by atoms with Gasteiger partial charge in [-0.2, -0.15) is 25.2 Å². The molecule has 16 heavy (non-hydrogen) atoms. The predicted molar refractivity (Wildman–Crippen MR) is 48.8 cm³/mol. The van der Waals surface area contributed by atoms with Crippen molar-refractivity contribution >= 4 is 26.3 Å². The molecule has 0 aromatic heterocycles. The van der Waals surface area contributed by atoms with Gasteiger partial charge in [0.2, 0.25) is 0 Å². The molecule has 0 aliphatic rings. The fraction of sp³-hybridized carbons (Fsp3) is 1.00. The minimum absolute atomic E-state index is 0.359. The largest absolute Gasteiger partial charge is 0.415 e. The quantitative estimate of drug-likeness (QED) is 0.427. The van der Waals surface area contributed by atoms with E-state index in [0.29, 0.717) is 0 Å². The third-order valence-electron chi connectivity index (χ3n) is 1.22. The Balaban J connectivity index is 3.81. The van der Waals surface area contributed by atoms with Crippen molar-refractivity contribution in [3.8, 4) is 0 Å². The minimum Gasteiger partial charge on any atom is -0.306 e. The van der Waals surface area contributed by atoms with Crippen molar-refractivity contribution in [1.29, 1.82) is 0 Å². The normalized spacial score (nSPS) is 14.1. The summed E-state index contributed by atoms with van der Waals surface area (Å²) >= 11 is 0. The molecule has 0 bridgehead atoms. The van der Waals surface area contributed by atoms with Crippen LogP contribution < -0.4 is 0 Å². The summed E-state index contributed by atoms with van der Waals surface area (Å²) in [7, 11) is -11.0. The van der Waals surface area contributed by atoms with Crippen LogP contribution in [0.2, 0.25) is 0 Å². The van der Waals surface area contributed by atoms with Gasteiger partial charge in [-0.3, -0.25) is 4.52 Å². The highest BCUT2D eigenvalue weighted by Gasteiger charge is 2.20. The lowest BCUT2D eigenvalue weighted by atomic mass is 10.3. The molecule has 0 aliphatic carbocycles. The maximum atomic E-state index is 11.8. The molecule has 0 N–H and O–H groups in total. The molecule has 3 nitrogen and oxygen atoms in total. The molecule has 0 aliphatic heterocycles. The van der Waals surface area contributed by atoms with Crippen molar-refractivity contribution in [2.24, 2.45) is 0 Å². The van der Waals surface area contributed by atoms with Gasteiger partial charge >= 0.3 is 26.3 Å². The average Bonchev–Trinajstić information content (AvgIpc) is 2.12. The molecule has 1 unspecified atom stereocenters. The highest BCUT2D eigenvalue weighted by atomic mass is 31.2. The Hall–Kier alpha value is 0.750. The molecule has 0 aromatic carbocycles. The average molecular weight is 310 g/mol. The van der Waals surface area contributed by atoms with E-state index in [-0.39, 0.29) is 6.42 Å². The fourth-order valence-corrected chi connectivity index (χ4v) is 1.59. The van der Waals surface area contributed by atoms with Crippen molar-refractivity contribution in [3.63, 3.8) is 0 Å². The summed E-state index contributed by atoms with van der Waals surface area (Å²) in [6.45, 7) is -1.32. The summed E-state index contributed by atoms with van der Waals surface area (Å²) in [5, 5.41) is 0. The molecule has 12 heteroatoms. The first-order chi connectivity index (χ1) is 7.41. The molecular formula is C4H7F6O3P3. The summed E-state index contributed by atoms with van der Waals surface area (Å²) in [6.07, 6.45) is -1.73. The van der Waals surface area contributed by atoms with Crippen molar-refractivity contribution < 1.29 is 38.8 Å². The van der Waals surface area contributed by atoms with Gasteiger partial charge in [-0.1, -0.05) is 0 Å². The maximum Gasteiger partial charge on any atom is 0.415 e. The van der Waals surface area contributed by atoms with Crippen LogP contribution >= 0.6 is 26.3 Å². The summed E-state index contributed by atoms with van der Waals surface area (Å²) in [5.74, 6) is 0. The molecule has 0 amide bonds. The monoisotopic (exact) mass is 310 g/mol. The van der Waals surface area contributed by atoms with Gasteiger partial charge in [0, 0.05) is 6.42 Å². The van der Waals surface area contributed by atoms with Crippen molar-refractivity contribution in [1.82, 2.24) is 0 Å². The number of hydrogen-bond donors (Lipinski definition) is 0. The van der Waals surface area contributed by atoms with E-state index >= 15 is 0 Å². The second-order valence-corrected chi connectivity index (χ2v) is 4.19. The molecule has 0 aromatic rings. The van der Waals surface area contributed by atoms with Crippen LogP contribution in [-0.4, -0.2) is 19.3 Å². The van der Waals surface area contributed by atoms with Gasteiger partial charge < -0.3 is 9.05 Å². The first-order valence-corrected chi connectivity index (χ1v) is 6.82. The number of halogens is 6. The molecule has 0 saturated carbocycles. The van der Waals surface area contributed by atoms with Gasteiger partial charge in [0.1, 0.15) is 0 Å². The van der Waals surface area contributed by atoms with Crippen LogP contribution in [0.3, 0.4) is 0 Å². The second kappa shape index (κ2) is 9.75. The van der Waals surface area contributed by atoms with E-state index < -0.39 is 45.6 Å². The van der Waals surface area contributed by atoms with Crippen LogP contribution in [0, 0.1) is 0 Å². The molecule has 0 rings (SSSR count). The molecule has 0 heterocycles. The van der Waals surface area contributed by atoms with E-state index in [1.165, 1.54) is 0 Å². The third-order valence-corrected chi connectivity index (χ3v) is 2.39. The van der Waals surface area contributed by atoms with E-state index in [1.807, 2.05) is 0 Å². The zero-order chi connectivity index (χ0) is 12.6. The molecule has 1 atom stereocenters. The fourth-order valence-electron chi connectivity index (χ4n) is 0.672. The van der Waals surface area contributed by atoms with Crippen LogP contribution in [0.1, 0.15) is 6.42 Å². The molecule has 98 valence electrons. The van der Waals surface area contributed by atoms with Crippen molar-refractivity contribution in [3.05, 3.63) is 0 Å². The van der Waals surface area contributed by atoms with E-state index in [0.717, 1.165) is 0 Å². The Labute approximate surface area is 91.7 Å². The van der Waals surface area contributed by atoms with Gasteiger partial charge in [0.15, 0.2) is 0 Å². The van der Waals surface area contributed by atoms with E-state index in [4.69, 9.17) is 0 Å². The van der Waals surface area contributed by atoms with Crippen LogP contribution in [0.5, 0.6) is 0 Å². The van der Waals surface area contributed by atoms with Crippen LogP contribution in [0.15, 0.2) is 0 Å². The van der Waals surface area contributed by atoms with E-state index in [2.05, 4.69) is 13.6 Å². The standard InChI is InChI=1S/C4H7F6O3P3/c5-14(6)11-2-1-4(13-16(9)10)3-12-15(7)8/h4H,1-3H2. The smallest absolute Gasteiger partial charge is 0.306 e. The van der Waals surface area contributed by atoms with Gasteiger partial charge in [-0.25, -0.2) is 0 Å².